The van der Waals surface area contributed by atoms with Crippen LogP contribution in [-0.2, 0) is 9.53 Å². The molecular formula is C24H24N4O7. The van der Waals surface area contributed by atoms with Gasteiger partial charge in [0.05, 0.1) is 38.8 Å². The van der Waals surface area contributed by atoms with Gasteiger partial charge in [-0.25, -0.2) is 4.79 Å². The maximum absolute atomic E-state index is 13.1. The van der Waals surface area contributed by atoms with E-state index in [1.54, 1.807) is 12.1 Å². The third-order valence-corrected chi connectivity index (χ3v) is 5.79. The number of hydrogen-bond donors (Lipinski definition) is 1. The summed E-state index contributed by atoms with van der Waals surface area (Å²) in [7, 11) is 4.18. The summed E-state index contributed by atoms with van der Waals surface area (Å²) < 4.78 is 26.5. The molecule has 1 fully saturated rings. The van der Waals surface area contributed by atoms with E-state index >= 15 is 0 Å². The second-order valence-electron chi connectivity index (χ2n) is 7.76. The van der Waals surface area contributed by atoms with Gasteiger partial charge in [-0.05, 0) is 25.0 Å². The summed E-state index contributed by atoms with van der Waals surface area (Å²) in [4.78, 5) is 31.4. The Bertz CT molecular complexity index is 1250. The Morgan fingerprint density at radius 2 is 1.89 bits per heavy atom. The van der Waals surface area contributed by atoms with Crippen LogP contribution in [0.2, 0.25) is 0 Å². The van der Waals surface area contributed by atoms with Gasteiger partial charge in [0.1, 0.15) is 6.07 Å². The third-order valence-electron chi connectivity index (χ3n) is 5.79. The Labute approximate surface area is 201 Å². The van der Waals surface area contributed by atoms with Gasteiger partial charge in [-0.3, -0.25) is 4.79 Å². The van der Waals surface area contributed by atoms with E-state index in [1.165, 1.54) is 39.7 Å². The lowest BCUT2D eigenvalue weighted by Crippen LogP contribution is -2.38. The van der Waals surface area contributed by atoms with E-state index in [0.717, 1.165) is 0 Å². The molecule has 1 saturated heterocycles. The van der Waals surface area contributed by atoms with Crippen LogP contribution in [0, 0.1) is 17.2 Å². The molecule has 2 aromatic heterocycles. The minimum absolute atomic E-state index is 0.154. The summed E-state index contributed by atoms with van der Waals surface area (Å²) in [6.45, 7) is 0.963. The predicted octanol–water partition coefficient (Wildman–Crippen LogP) is 3.47. The molecule has 1 aromatic carbocycles. The fourth-order valence-corrected chi connectivity index (χ4v) is 3.95. The van der Waals surface area contributed by atoms with Crippen LogP contribution >= 0.6 is 0 Å². The molecule has 0 bridgehead atoms. The normalized spacial score (nSPS) is 13.7. The fraction of sp³-hybridized carbons (Fsp3) is 0.333. The number of ether oxygens (including phenoxy) is 3. The van der Waals surface area contributed by atoms with Gasteiger partial charge in [0.25, 0.3) is 5.89 Å². The first-order valence-corrected chi connectivity index (χ1v) is 10.8. The van der Waals surface area contributed by atoms with Crippen molar-refractivity contribution >= 4 is 23.4 Å². The topological polar surface area (TPSA) is 140 Å². The number of rotatable bonds is 7. The van der Waals surface area contributed by atoms with E-state index in [-0.39, 0.29) is 34.7 Å². The van der Waals surface area contributed by atoms with Crippen molar-refractivity contribution in [3.63, 3.8) is 0 Å². The number of piperidine rings is 1. The van der Waals surface area contributed by atoms with Gasteiger partial charge in [-0.2, -0.15) is 10.2 Å². The summed E-state index contributed by atoms with van der Waals surface area (Å²) in [5.74, 6) is 0.548. The van der Waals surface area contributed by atoms with Crippen molar-refractivity contribution in [3.05, 3.63) is 41.8 Å². The minimum atomic E-state index is -0.613. The van der Waals surface area contributed by atoms with Crippen LogP contribution in [0.25, 0.3) is 11.7 Å². The molecule has 11 heteroatoms. The number of anilines is 2. The number of esters is 1. The molecule has 0 unspecified atom stereocenters. The smallest absolute Gasteiger partial charge is 0.340 e. The van der Waals surface area contributed by atoms with Crippen LogP contribution in [0.4, 0.5) is 11.6 Å². The number of aromatic nitrogens is 1. The first kappa shape index (κ1) is 23.7. The molecule has 0 saturated carbocycles. The number of amides is 1. The van der Waals surface area contributed by atoms with Crippen molar-refractivity contribution in [2.45, 2.75) is 12.8 Å². The average Bonchev–Trinajstić information content (AvgIpc) is 3.58. The number of furan rings is 1. The molecule has 182 valence electrons. The van der Waals surface area contributed by atoms with Gasteiger partial charge in [-0.1, -0.05) is 0 Å². The lowest BCUT2D eigenvalue weighted by atomic mass is 9.95. The van der Waals surface area contributed by atoms with Crippen molar-refractivity contribution in [1.82, 2.24) is 4.98 Å². The van der Waals surface area contributed by atoms with Gasteiger partial charge in [0, 0.05) is 31.1 Å². The van der Waals surface area contributed by atoms with Crippen LogP contribution in [0.3, 0.4) is 0 Å². The van der Waals surface area contributed by atoms with Gasteiger partial charge in [0.2, 0.25) is 17.5 Å². The van der Waals surface area contributed by atoms with Crippen LogP contribution in [0.5, 0.6) is 11.5 Å². The Hall–Kier alpha value is -4.46. The highest BCUT2D eigenvalue weighted by Gasteiger charge is 2.30. The van der Waals surface area contributed by atoms with Gasteiger partial charge < -0.3 is 33.3 Å². The van der Waals surface area contributed by atoms with E-state index in [4.69, 9.17) is 23.0 Å². The number of benzene rings is 1. The van der Waals surface area contributed by atoms with Crippen molar-refractivity contribution in [2.24, 2.45) is 5.92 Å². The molecule has 0 atom stereocenters. The SMILES string of the molecule is COC(=O)c1cc(OC)c(OC)cc1NC(=O)C1CCN(c2oc(-c3ccco3)nc2C#N)CC1. The zero-order valence-corrected chi connectivity index (χ0v) is 19.5. The van der Waals surface area contributed by atoms with Crippen molar-refractivity contribution < 1.29 is 32.6 Å². The fourth-order valence-electron chi connectivity index (χ4n) is 3.95. The lowest BCUT2D eigenvalue weighted by molar-refractivity contribution is -0.120. The quantitative estimate of drug-likeness (QED) is 0.500. The number of hydrogen-bond acceptors (Lipinski definition) is 10. The van der Waals surface area contributed by atoms with Crippen LogP contribution < -0.4 is 19.7 Å². The molecule has 4 rings (SSSR count). The number of oxazole rings is 1. The van der Waals surface area contributed by atoms with E-state index in [9.17, 15) is 14.9 Å². The largest absolute Gasteiger partial charge is 0.493 e. The Morgan fingerprint density at radius 3 is 2.49 bits per heavy atom. The number of nitrogens with one attached hydrogen (secondary N) is 1. The Morgan fingerprint density at radius 1 is 1.17 bits per heavy atom. The molecule has 35 heavy (non-hydrogen) atoms. The van der Waals surface area contributed by atoms with Gasteiger partial charge >= 0.3 is 5.97 Å². The monoisotopic (exact) mass is 480 g/mol. The van der Waals surface area contributed by atoms with Crippen molar-refractivity contribution in [3.8, 4) is 29.2 Å². The van der Waals surface area contributed by atoms with Crippen LogP contribution in [-0.4, -0.2) is 51.3 Å². The van der Waals surface area contributed by atoms with Gasteiger partial charge in [0.15, 0.2) is 17.3 Å². The molecule has 3 aromatic rings. The first-order valence-electron chi connectivity index (χ1n) is 10.8. The van der Waals surface area contributed by atoms with E-state index in [1.807, 2.05) is 4.90 Å². The molecule has 1 amide bonds. The molecular weight excluding hydrogens is 456 g/mol. The molecule has 0 aliphatic carbocycles. The highest BCUT2D eigenvalue weighted by atomic mass is 16.5. The number of carbonyl (C=O) groups excluding carboxylic acids is 2. The number of carbonyl (C=O) groups is 2. The lowest BCUT2D eigenvalue weighted by Gasteiger charge is -2.31. The molecule has 0 radical (unpaired) electrons. The van der Waals surface area contributed by atoms with Crippen LogP contribution in [0.15, 0.2) is 39.4 Å². The number of nitrogens with zero attached hydrogens (tertiary/aromatic N) is 3. The van der Waals surface area contributed by atoms with E-state index in [0.29, 0.717) is 49.1 Å². The first-order chi connectivity index (χ1) is 17.0. The molecule has 1 aliphatic rings. The number of nitriles is 1. The van der Waals surface area contributed by atoms with E-state index in [2.05, 4.69) is 16.4 Å². The minimum Gasteiger partial charge on any atom is -0.493 e. The summed E-state index contributed by atoms with van der Waals surface area (Å²) in [6, 6.07) is 8.45. The Balaban J connectivity index is 1.47. The van der Waals surface area contributed by atoms with E-state index < -0.39 is 5.97 Å². The zero-order chi connectivity index (χ0) is 24.9. The maximum atomic E-state index is 13.1. The standard InChI is InChI=1S/C24H24N4O7/c1-31-19-11-15(24(30)33-3)16(12-20(19)32-2)26-21(29)14-6-8-28(9-7-14)23-17(13-25)27-22(35-23)18-5-4-10-34-18/h4-5,10-12,14H,6-9H2,1-3H3,(H,26,29). The second kappa shape index (κ2) is 10.2. The second-order valence-corrected chi connectivity index (χ2v) is 7.76. The summed E-state index contributed by atoms with van der Waals surface area (Å²) in [5.41, 5.74) is 0.584. The Kier molecular flexibility index (Phi) is 6.91. The zero-order valence-electron chi connectivity index (χ0n) is 19.5. The molecule has 1 N–H and O–H groups in total. The summed E-state index contributed by atoms with van der Waals surface area (Å²) in [5, 5.41) is 12.3. The third kappa shape index (κ3) is 4.77. The summed E-state index contributed by atoms with van der Waals surface area (Å²) >= 11 is 0. The summed E-state index contributed by atoms with van der Waals surface area (Å²) in [6.07, 6.45) is 2.52. The van der Waals surface area contributed by atoms with Crippen molar-refractivity contribution in [2.75, 3.05) is 44.6 Å². The highest BCUT2D eigenvalue weighted by Crippen LogP contribution is 2.35. The molecule has 0 spiro atoms. The maximum Gasteiger partial charge on any atom is 0.340 e. The van der Waals surface area contributed by atoms with Crippen molar-refractivity contribution in [1.29, 1.82) is 5.26 Å². The highest BCUT2D eigenvalue weighted by molar-refractivity contribution is 6.02. The molecule has 3 heterocycles. The number of methoxy groups -OCH3 is 3. The van der Waals surface area contributed by atoms with Crippen LogP contribution in [0.1, 0.15) is 28.9 Å². The molecule has 11 nitrogen and oxygen atoms in total. The average molecular weight is 480 g/mol. The molecule has 1 aliphatic heterocycles. The predicted molar refractivity (Wildman–Crippen MR) is 123 cm³/mol. The van der Waals surface area contributed by atoms with Gasteiger partial charge in [-0.15, -0.1) is 0 Å².